The molecule has 1 heterocycles. The quantitative estimate of drug-likeness (QED) is 0.446. The molecule has 29 heavy (non-hydrogen) atoms. The lowest BCUT2D eigenvalue weighted by atomic mass is 10.1. The van der Waals surface area contributed by atoms with Gasteiger partial charge in [-0.25, -0.2) is 4.39 Å². The zero-order valence-electron chi connectivity index (χ0n) is 16.6. The van der Waals surface area contributed by atoms with E-state index in [1.807, 2.05) is 19.1 Å². The molecule has 1 N–H and O–H groups in total. The van der Waals surface area contributed by atoms with Gasteiger partial charge in [0.1, 0.15) is 6.61 Å². The van der Waals surface area contributed by atoms with Crippen molar-refractivity contribution in [3.05, 3.63) is 65.6 Å². The number of pyridine rings is 1. The van der Waals surface area contributed by atoms with Gasteiger partial charge < -0.3 is 10.1 Å². The van der Waals surface area contributed by atoms with Crippen molar-refractivity contribution in [2.24, 2.45) is 0 Å². The highest BCUT2D eigenvalue weighted by molar-refractivity contribution is 6.06. The molecule has 3 rings (SSSR count). The minimum atomic E-state index is -0.616. The number of amides is 1. The normalized spacial score (nSPS) is 10.3. The molecule has 3 aromatic rings. The number of fused-ring (bicyclic) bond motifs is 1. The Morgan fingerprint density at radius 3 is 2.86 bits per heavy atom. The fourth-order valence-corrected chi connectivity index (χ4v) is 2.80. The first kappa shape index (κ1) is 20.3. The first-order chi connectivity index (χ1) is 14.1. The van der Waals surface area contributed by atoms with Gasteiger partial charge >= 0.3 is 0 Å². The first-order valence-electron chi connectivity index (χ1n) is 9.64. The van der Waals surface area contributed by atoms with Crippen LogP contribution in [0.3, 0.4) is 0 Å². The molecule has 0 fully saturated rings. The number of rotatable bonds is 6. The van der Waals surface area contributed by atoms with Gasteiger partial charge in [0.2, 0.25) is 0 Å². The molecule has 0 saturated heterocycles. The van der Waals surface area contributed by atoms with Gasteiger partial charge in [-0.15, -0.1) is 0 Å². The van der Waals surface area contributed by atoms with Gasteiger partial charge in [0.25, 0.3) is 5.91 Å². The standard InChI is InChI=1S/C24H23FN2O2/c1-3-4-5-6-7-15-29-22-10-8-9-21(23(22)25)27-24(28)19-13-14-20-18(16-19)12-11-17(2)26-20/h8-14,16H,3-5,15H2,1-2H3,(H,27,28). The Balaban J connectivity index is 1.70. The maximum Gasteiger partial charge on any atom is 0.255 e. The summed E-state index contributed by atoms with van der Waals surface area (Å²) >= 11 is 0. The van der Waals surface area contributed by atoms with Crippen LogP contribution in [0.1, 0.15) is 42.2 Å². The average Bonchev–Trinajstić information content (AvgIpc) is 2.72. The summed E-state index contributed by atoms with van der Waals surface area (Å²) < 4.78 is 20.1. The van der Waals surface area contributed by atoms with Crippen molar-refractivity contribution in [1.82, 2.24) is 4.98 Å². The highest BCUT2D eigenvalue weighted by Crippen LogP contribution is 2.25. The van der Waals surface area contributed by atoms with Gasteiger partial charge in [0, 0.05) is 23.1 Å². The van der Waals surface area contributed by atoms with Crippen LogP contribution in [0, 0.1) is 24.6 Å². The lowest BCUT2D eigenvalue weighted by Crippen LogP contribution is -2.13. The molecule has 0 aliphatic rings. The Labute approximate surface area is 170 Å². The van der Waals surface area contributed by atoms with E-state index in [9.17, 15) is 9.18 Å². The van der Waals surface area contributed by atoms with Gasteiger partial charge in [0.15, 0.2) is 11.6 Å². The molecule has 2 aromatic carbocycles. The van der Waals surface area contributed by atoms with Crippen LogP contribution in [0.15, 0.2) is 48.5 Å². The fourth-order valence-electron chi connectivity index (χ4n) is 2.80. The zero-order chi connectivity index (χ0) is 20.6. The van der Waals surface area contributed by atoms with E-state index in [-0.39, 0.29) is 18.0 Å². The molecule has 0 spiro atoms. The molecule has 0 atom stereocenters. The van der Waals surface area contributed by atoms with Crippen molar-refractivity contribution in [3.63, 3.8) is 0 Å². The van der Waals surface area contributed by atoms with Gasteiger partial charge in [-0.3, -0.25) is 9.78 Å². The van der Waals surface area contributed by atoms with E-state index >= 15 is 0 Å². The predicted molar refractivity (Wildman–Crippen MR) is 114 cm³/mol. The molecular weight excluding hydrogens is 367 g/mol. The summed E-state index contributed by atoms with van der Waals surface area (Å²) in [6.07, 6.45) is 2.92. The van der Waals surface area contributed by atoms with Crippen molar-refractivity contribution >= 4 is 22.5 Å². The number of hydrogen-bond donors (Lipinski definition) is 1. The Morgan fingerprint density at radius 1 is 1.17 bits per heavy atom. The number of aromatic nitrogens is 1. The molecule has 4 nitrogen and oxygen atoms in total. The predicted octanol–water partition coefficient (Wildman–Crippen LogP) is 5.51. The molecule has 0 aliphatic heterocycles. The SMILES string of the molecule is CCCCC#CCOc1cccc(NC(=O)c2ccc3nc(C)ccc3c2)c1F. The van der Waals surface area contributed by atoms with Crippen molar-refractivity contribution in [1.29, 1.82) is 0 Å². The number of ether oxygens (including phenoxy) is 1. The van der Waals surface area contributed by atoms with Crippen molar-refractivity contribution < 1.29 is 13.9 Å². The second-order valence-corrected chi connectivity index (χ2v) is 6.68. The van der Waals surface area contributed by atoms with Crippen LogP contribution in [-0.2, 0) is 0 Å². The maximum absolute atomic E-state index is 14.7. The van der Waals surface area contributed by atoms with Gasteiger partial charge in [0.05, 0.1) is 11.2 Å². The zero-order valence-corrected chi connectivity index (χ0v) is 16.6. The van der Waals surface area contributed by atoms with Crippen molar-refractivity contribution in [2.45, 2.75) is 33.1 Å². The monoisotopic (exact) mass is 390 g/mol. The maximum atomic E-state index is 14.7. The van der Waals surface area contributed by atoms with Crippen LogP contribution < -0.4 is 10.1 Å². The molecule has 0 aliphatic carbocycles. The number of carbonyl (C=O) groups is 1. The Bertz CT molecular complexity index is 1080. The molecule has 0 radical (unpaired) electrons. The summed E-state index contributed by atoms with van der Waals surface area (Å²) in [5.41, 5.74) is 2.20. The third kappa shape index (κ3) is 5.32. The molecule has 0 saturated carbocycles. The summed E-state index contributed by atoms with van der Waals surface area (Å²) in [6.45, 7) is 4.12. The second kappa shape index (κ2) is 9.70. The van der Waals surface area contributed by atoms with E-state index in [1.54, 1.807) is 24.3 Å². The summed E-state index contributed by atoms with van der Waals surface area (Å²) in [5, 5.41) is 3.46. The lowest BCUT2D eigenvalue weighted by molar-refractivity contribution is 0.102. The van der Waals surface area contributed by atoms with Crippen LogP contribution in [-0.4, -0.2) is 17.5 Å². The van der Waals surface area contributed by atoms with Crippen LogP contribution in [0.5, 0.6) is 5.75 Å². The van der Waals surface area contributed by atoms with E-state index in [1.165, 1.54) is 12.1 Å². The summed E-state index contributed by atoms with van der Waals surface area (Å²) in [7, 11) is 0. The number of nitrogens with one attached hydrogen (secondary N) is 1. The number of anilines is 1. The van der Waals surface area contributed by atoms with Crippen LogP contribution >= 0.6 is 0 Å². The Hall–Kier alpha value is -3.39. The van der Waals surface area contributed by atoms with Crippen LogP contribution in [0.2, 0.25) is 0 Å². The first-order valence-corrected chi connectivity index (χ1v) is 9.64. The van der Waals surface area contributed by atoms with E-state index < -0.39 is 11.7 Å². The molecule has 5 heteroatoms. The molecular formula is C24H23FN2O2. The van der Waals surface area contributed by atoms with E-state index in [0.29, 0.717) is 5.56 Å². The van der Waals surface area contributed by atoms with Gasteiger partial charge in [-0.2, -0.15) is 0 Å². The average molecular weight is 390 g/mol. The summed E-state index contributed by atoms with van der Waals surface area (Å²) in [5.74, 6) is 4.91. The summed E-state index contributed by atoms with van der Waals surface area (Å²) in [4.78, 5) is 17.0. The van der Waals surface area contributed by atoms with Crippen LogP contribution in [0.25, 0.3) is 10.9 Å². The van der Waals surface area contributed by atoms with Crippen molar-refractivity contribution in [3.8, 4) is 17.6 Å². The van der Waals surface area contributed by atoms with Crippen molar-refractivity contribution in [2.75, 3.05) is 11.9 Å². The topological polar surface area (TPSA) is 51.2 Å². The Morgan fingerprint density at radius 2 is 2.03 bits per heavy atom. The van der Waals surface area contributed by atoms with E-state index in [4.69, 9.17) is 4.74 Å². The minimum Gasteiger partial charge on any atom is -0.478 e. The molecule has 148 valence electrons. The highest BCUT2D eigenvalue weighted by atomic mass is 19.1. The number of benzene rings is 2. The van der Waals surface area contributed by atoms with Gasteiger partial charge in [-0.1, -0.05) is 37.3 Å². The number of halogens is 1. The second-order valence-electron chi connectivity index (χ2n) is 6.68. The van der Waals surface area contributed by atoms with Gasteiger partial charge in [-0.05, 0) is 49.7 Å². The smallest absolute Gasteiger partial charge is 0.255 e. The minimum absolute atomic E-state index is 0.0609. The largest absolute Gasteiger partial charge is 0.478 e. The number of hydrogen-bond acceptors (Lipinski definition) is 3. The number of aryl methyl sites for hydroxylation is 1. The lowest BCUT2D eigenvalue weighted by Gasteiger charge is -2.10. The number of carbonyl (C=O) groups excluding carboxylic acids is 1. The molecule has 1 amide bonds. The third-order valence-electron chi connectivity index (χ3n) is 4.38. The molecule has 1 aromatic heterocycles. The Kier molecular flexibility index (Phi) is 6.80. The number of unbranched alkanes of at least 4 members (excludes halogenated alkanes) is 2. The van der Waals surface area contributed by atoms with Crippen LogP contribution in [0.4, 0.5) is 10.1 Å². The molecule has 0 bridgehead atoms. The summed E-state index contributed by atoms with van der Waals surface area (Å²) in [6, 6.07) is 13.6. The molecule has 0 unspecified atom stereocenters. The van der Waals surface area contributed by atoms with E-state index in [0.717, 1.165) is 35.9 Å². The third-order valence-corrected chi connectivity index (χ3v) is 4.38. The number of nitrogens with zero attached hydrogens (tertiary/aromatic N) is 1. The highest BCUT2D eigenvalue weighted by Gasteiger charge is 2.13. The fraction of sp³-hybridized carbons (Fsp3) is 0.250. The van der Waals surface area contributed by atoms with E-state index in [2.05, 4.69) is 29.1 Å².